The van der Waals surface area contributed by atoms with Crippen molar-refractivity contribution in [1.82, 2.24) is 4.98 Å². The molecule has 0 aliphatic carbocycles. The fourth-order valence-corrected chi connectivity index (χ4v) is 1.75. The van der Waals surface area contributed by atoms with Crippen molar-refractivity contribution in [2.45, 2.75) is 0 Å². The van der Waals surface area contributed by atoms with Crippen molar-refractivity contribution in [3.63, 3.8) is 0 Å². The smallest absolute Gasteiger partial charge is 0.371 e. The highest BCUT2D eigenvalue weighted by Gasteiger charge is 2.11. The summed E-state index contributed by atoms with van der Waals surface area (Å²) in [6, 6.07) is 6.65. The molecule has 1 aromatic carbocycles. The second-order valence-corrected chi connectivity index (χ2v) is 4.20. The van der Waals surface area contributed by atoms with Crippen molar-refractivity contribution in [3.8, 4) is 0 Å². The second-order valence-electron chi connectivity index (χ2n) is 3.76. The van der Waals surface area contributed by atoms with Gasteiger partial charge >= 0.3 is 5.97 Å². The molecule has 0 atom stereocenters. The van der Waals surface area contributed by atoms with Crippen LogP contribution in [0.1, 0.15) is 10.6 Å². The zero-order valence-electron chi connectivity index (χ0n) is 9.38. The lowest BCUT2D eigenvalue weighted by atomic mass is 10.3. The predicted molar refractivity (Wildman–Crippen MR) is 68.0 cm³/mol. The summed E-state index contributed by atoms with van der Waals surface area (Å²) in [5, 5.41) is 12.1. The third-order valence-corrected chi connectivity index (χ3v) is 2.65. The van der Waals surface area contributed by atoms with E-state index in [1.165, 1.54) is 12.3 Å². The van der Waals surface area contributed by atoms with E-state index >= 15 is 0 Å². The van der Waals surface area contributed by atoms with Crippen molar-refractivity contribution in [2.24, 2.45) is 0 Å². The van der Waals surface area contributed by atoms with Crippen LogP contribution in [0.25, 0.3) is 11.1 Å². The molecule has 6 nitrogen and oxygen atoms in total. The molecule has 96 valence electrons. The van der Waals surface area contributed by atoms with Gasteiger partial charge in [0.15, 0.2) is 5.58 Å². The van der Waals surface area contributed by atoms with Gasteiger partial charge in [0.2, 0.25) is 5.76 Å². The van der Waals surface area contributed by atoms with Gasteiger partial charge in [0, 0.05) is 17.2 Å². The number of hydrogen-bond acceptors (Lipinski definition) is 5. The fourth-order valence-electron chi connectivity index (χ4n) is 1.59. The van der Waals surface area contributed by atoms with E-state index in [2.05, 4.69) is 10.3 Å². The van der Waals surface area contributed by atoms with Crippen molar-refractivity contribution < 1.29 is 18.7 Å². The molecule has 0 amide bonds. The van der Waals surface area contributed by atoms with Gasteiger partial charge in [-0.15, -0.1) is 0 Å². The van der Waals surface area contributed by atoms with E-state index in [1.807, 2.05) is 0 Å². The van der Waals surface area contributed by atoms with Gasteiger partial charge in [0.05, 0.1) is 5.69 Å². The number of carboxylic acids is 1. The lowest BCUT2D eigenvalue weighted by Gasteiger charge is -1.93. The Labute approximate surface area is 111 Å². The van der Waals surface area contributed by atoms with Crippen molar-refractivity contribution in [2.75, 3.05) is 5.32 Å². The first-order chi connectivity index (χ1) is 9.11. The van der Waals surface area contributed by atoms with Crippen molar-refractivity contribution in [1.29, 1.82) is 0 Å². The number of rotatable bonds is 3. The summed E-state index contributed by atoms with van der Waals surface area (Å²) in [6.07, 6.45) is 1.27. The maximum atomic E-state index is 10.7. The van der Waals surface area contributed by atoms with Crippen LogP contribution in [-0.4, -0.2) is 16.1 Å². The minimum absolute atomic E-state index is 0.165. The molecule has 0 aliphatic heterocycles. The summed E-state index contributed by atoms with van der Waals surface area (Å²) in [5.74, 6) is -1.31. The van der Waals surface area contributed by atoms with Gasteiger partial charge in [-0.1, -0.05) is 11.6 Å². The highest BCUT2D eigenvalue weighted by molar-refractivity contribution is 6.31. The minimum Gasteiger partial charge on any atom is -0.475 e. The summed E-state index contributed by atoms with van der Waals surface area (Å²) >= 11 is 5.84. The molecule has 19 heavy (non-hydrogen) atoms. The van der Waals surface area contributed by atoms with Crippen LogP contribution in [0, 0.1) is 0 Å². The molecule has 2 heterocycles. The van der Waals surface area contributed by atoms with E-state index < -0.39 is 5.97 Å². The van der Waals surface area contributed by atoms with Gasteiger partial charge in [-0.3, -0.25) is 0 Å². The van der Waals surface area contributed by atoms with Gasteiger partial charge < -0.3 is 19.3 Å². The molecule has 3 rings (SSSR count). The van der Waals surface area contributed by atoms with Gasteiger partial charge in [0.25, 0.3) is 6.01 Å². The Kier molecular flexibility index (Phi) is 2.64. The number of nitrogens with one attached hydrogen (secondary N) is 1. The molecule has 0 saturated carbocycles. The van der Waals surface area contributed by atoms with Crippen LogP contribution < -0.4 is 5.32 Å². The Morgan fingerprint density at radius 2 is 2.21 bits per heavy atom. The molecule has 2 N–H and O–H groups in total. The summed E-state index contributed by atoms with van der Waals surface area (Å²) in [6.45, 7) is 0. The number of benzene rings is 1. The zero-order chi connectivity index (χ0) is 13.4. The third kappa shape index (κ3) is 2.25. The fraction of sp³-hybridized carbons (Fsp3) is 0. The van der Waals surface area contributed by atoms with Crippen LogP contribution in [0.4, 0.5) is 11.7 Å². The van der Waals surface area contributed by atoms with Crippen LogP contribution in [0.15, 0.2) is 39.4 Å². The summed E-state index contributed by atoms with van der Waals surface area (Å²) in [4.78, 5) is 14.8. The number of aromatic nitrogens is 1. The maximum Gasteiger partial charge on any atom is 0.371 e. The molecule has 0 unspecified atom stereocenters. The number of carboxylic acid groups (broad SMARTS) is 1. The Morgan fingerprint density at radius 3 is 2.95 bits per heavy atom. The first kappa shape index (κ1) is 11.6. The largest absolute Gasteiger partial charge is 0.475 e. The van der Waals surface area contributed by atoms with E-state index in [1.54, 1.807) is 18.2 Å². The predicted octanol–water partition coefficient (Wildman–Crippen LogP) is 3.52. The standard InChI is InChI=1S/C12H7ClN2O4/c13-6-1-2-8-9(3-6)19-12(15-8)14-7-4-10(11(16)17)18-5-7/h1-5H,(H,14,15)(H,16,17). The number of carbonyl (C=O) groups is 1. The number of fused-ring (bicyclic) bond motifs is 1. The van der Waals surface area contributed by atoms with Gasteiger partial charge in [0.1, 0.15) is 11.8 Å². The van der Waals surface area contributed by atoms with Gasteiger partial charge in [-0.2, -0.15) is 4.98 Å². The Morgan fingerprint density at radius 1 is 1.37 bits per heavy atom. The highest BCUT2D eigenvalue weighted by atomic mass is 35.5. The number of aromatic carboxylic acids is 1. The molecule has 3 aromatic rings. The number of nitrogens with zero attached hydrogens (tertiary/aromatic N) is 1. The van der Waals surface area contributed by atoms with Crippen LogP contribution in [-0.2, 0) is 0 Å². The van der Waals surface area contributed by atoms with Crippen LogP contribution in [0.3, 0.4) is 0 Å². The molecule has 7 heteroatoms. The van der Waals surface area contributed by atoms with Crippen LogP contribution in [0.5, 0.6) is 0 Å². The molecule has 0 radical (unpaired) electrons. The number of anilines is 2. The van der Waals surface area contributed by atoms with Crippen LogP contribution >= 0.6 is 11.6 Å². The summed E-state index contributed by atoms with van der Waals surface area (Å²) in [5.41, 5.74) is 1.63. The van der Waals surface area contributed by atoms with E-state index in [0.717, 1.165) is 0 Å². The van der Waals surface area contributed by atoms with Crippen LogP contribution in [0.2, 0.25) is 5.02 Å². The first-order valence-corrected chi connectivity index (χ1v) is 5.64. The third-order valence-electron chi connectivity index (χ3n) is 2.41. The topological polar surface area (TPSA) is 88.5 Å². The first-order valence-electron chi connectivity index (χ1n) is 5.27. The Hall–Kier alpha value is -2.47. The highest BCUT2D eigenvalue weighted by Crippen LogP contribution is 2.25. The molecule has 0 saturated heterocycles. The maximum absolute atomic E-state index is 10.7. The molecule has 0 aliphatic rings. The average molecular weight is 279 g/mol. The Bertz CT molecular complexity index is 762. The van der Waals surface area contributed by atoms with Crippen molar-refractivity contribution >= 4 is 40.4 Å². The number of furan rings is 1. The van der Waals surface area contributed by atoms with Crippen molar-refractivity contribution in [3.05, 3.63) is 41.3 Å². The monoisotopic (exact) mass is 278 g/mol. The lowest BCUT2D eigenvalue weighted by molar-refractivity contribution is 0.0662. The lowest BCUT2D eigenvalue weighted by Crippen LogP contribution is -1.92. The second kappa shape index (κ2) is 4.33. The quantitative estimate of drug-likeness (QED) is 0.762. The number of hydrogen-bond donors (Lipinski definition) is 2. The molecular weight excluding hydrogens is 272 g/mol. The molecule has 0 spiro atoms. The minimum atomic E-state index is -1.14. The normalized spacial score (nSPS) is 10.8. The van der Waals surface area contributed by atoms with E-state index in [9.17, 15) is 4.79 Å². The molecular formula is C12H7ClN2O4. The summed E-state index contributed by atoms with van der Waals surface area (Å²) in [7, 11) is 0. The average Bonchev–Trinajstić information content (AvgIpc) is 2.95. The SMILES string of the molecule is O=C(O)c1cc(Nc2nc3ccc(Cl)cc3o2)co1. The van der Waals surface area contributed by atoms with E-state index in [4.69, 9.17) is 25.5 Å². The molecule has 0 fully saturated rings. The van der Waals surface area contributed by atoms with Gasteiger partial charge in [-0.05, 0) is 12.1 Å². The Balaban J connectivity index is 1.89. The van der Waals surface area contributed by atoms with E-state index in [-0.39, 0.29) is 11.8 Å². The van der Waals surface area contributed by atoms with E-state index in [0.29, 0.717) is 21.8 Å². The number of halogens is 1. The molecule has 0 bridgehead atoms. The molecule has 2 aromatic heterocycles. The number of oxazole rings is 1. The zero-order valence-corrected chi connectivity index (χ0v) is 10.1. The summed E-state index contributed by atoms with van der Waals surface area (Å²) < 4.78 is 10.3. The van der Waals surface area contributed by atoms with Gasteiger partial charge in [-0.25, -0.2) is 4.79 Å².